The van der Waals surface area contributed by atoms with Crippen molar-refractivity contribution in [3.8, 4) is 5.75 Å². The zero-order chi connectivity index (χ0) is 9.97. The molecule has 3 nitrogen and oxygen atoms in total. The second kappa shape index (κ2) is 3.64. The van der Waals surface area contributed by atoms with Crippen LogP contribution in [0.4, 0.5) is 0 Å². The number of methoxy groups -OCH3 is 1. The van der Waals surface area contributed by atoms with Crippen LogP contribution in [0.3, 0.4) is 0 Å². The molecule has 72 valence electrons. The zero-order valence-electron chi connectivity index (χ0n) is 7.90. The van der Waals surface area contributed by atoms with Crippen LogP contribution in [0.15, 0.2) is 30.5 Å². The lowest BCUT2D eigenvalue weighted by Crippen LogP contribution is -1.92. The summed E-state index contributed by atoms with van der Waals surface area (Å²) in [6.07, 6.45) is 1.68. The number of aromatic nitrogens is 1. The molecule has 0 fully saturated rings. The van der Waals surface area contributed by atoms with Crippen LogP contribution in [-0.2, 0) is 6.61 Å². The van der Waals surface area contributed by atoms with Crippen molar-refractivity contribution >= 4 is 10.8 Å². The highest BCUT2D eigenvalue weighted by atomic mass is 16.5. The van der Waals surface area contributed by atoms with E-state index in [0.29, 0.717) is 5.69 Å². The third kappa shape index (κ3) is 1.32. The maximum absolute atomic E-state index is 9.10. The Balaban J connectivity index is 2.77. The lowest BCUT2D eigenvalue weighted by Gasteiger charge is -2.06. The quantitative estimate of drug-likeness (QED) is 0.782. The van der Waals surface area contributed by atoms with Crippen LogP contribution in [0.2, 0.25) is 0 Å². The third-order valence-electron chi connectivity index (χ3n) is 2.22. The SMILES string of the molecule is COc1cccc2c(CO)nccc12. The Labute approximate surface area is 82.0 Å². The fraction of sp³-hybridized carbons (Fsp3) is 0.182. The van der Waals surface area contributed by atoms with Crippen LogP contribution >= 0.6 is 0 Å². The normalized spacial score (nSPS) is 10.4. The first-order valence-corrected chi connectivity index (χ1v) is 4.38. The molecule has 3 heteroatoms. The van der Waals surface area contributed by atoms with Crippen molar-refractivity contribution in [3.05, 3.63) is 36.2 Å². The zero-order valence-corrected chi connectivity index (χ0v) is 7.90. The number of fused-ring (bicyclic) bond motifs is 1. The van der Waals surface area contributed by atoms with E-state index in [-0.39, 0.29) is 6.61 Å². The molecule has 0 bridgehead atoms. The molecule has 0 aliphatic carbocycles. The first-order chi connectivity index (χ1) is 6.86. The van der Waals surface area contributed by atoms with Crippen molar-refractivity contribution < 1.29 is 9.84 Å². The maximum atomic E-state index is 9.10. The molecule has 0 radical (unpaired) electrons. The topological polar surface area (TPSA) is 42.4 Å². The molecule has 0 spiro atoms. The third-order valence-corrected chi connectivity index (χ3v) is 2.22. The van der Waals surface area contributed by atoms with Gasteiger partial charge in [0.25, 0.3) is 0 Å². The molecule has 0 aliphatic rings. The van der Waals surface area contributed by atoms with Crippen LogP contribution in [0, 0.1) is 0 Å². The van der Waals surface area contributed by atoms with Crippen LogP contribution in [0.25, 0.3) is 10.8 Å². The van der Waals surface area contributed by atoms with Gasteiger partial charge in [-0.1, -0.05) is 12.1 Å². The molecule has 0 amide bonds. The summed E-state index contributed by atoms with van der Waals surface area (Å²) in [7, 11) is 1.63. The number of hydrogen-bond donors (Lipinski definition) is 1. The number of benzene rings is 1. The van der Waals surface area contributed by atoms with Gasteiger partial charge < -0.3 is 9.84 Å². The smallest absolute Gasteiger partial charge is 0.126 e. The Bertz CT molecular complexity index is 411. The maximum Gasteiger partial charge on any atom is 0.126 e. The minimum Gasteiger partial charge on any atom is -0.496 e. The molecule has 14 heavy (non-hydrogen) atoms. The number of ether oxygens (including phenoxy) is 1. The van der Waals surface area contributed by atoms with E-state index in [4.69, 9.17) is 9.84 Å². The minimum atomic E-state index is -0.0511. The highest BCUT2D eigenvalue weighted by Gasteiger charge is 2.04. The van der Waals surface area contributed by atoms with Gasteiger partial charge >= 0.3 is 0 Å². The van der Waals surface area contributed by atoms with E-state index < -0.39 is 0 Å². The van der Waals surface area contributed by atoms with E-state index >= 15 is 0 Å². The Morgan fingerprint density at radius 1 is 1.29 bits per heavy atom. The summed E-state index contributed by atoms with van der Waals surface area (Å²) in [5.74, 6) is 0.805. The molecule has 0 unspecified atom stereocenters. The van der Waals surface area contributed by atoms with Gasteiger partial charge in [-0.3, -0.25) is 4.98 Å². The molecule has 2 aromatic rings. The van der Waals surface area contributed by atoms with Gasteiger partial charge in [0.2, 0.25) is 0 Å². The largest absolute Gasteiger partial charge is 0.496 e. The van der Waals surface area contributed by atoms with Crippen molar-refractivity contribution in [2.75, 3.05) is 7.11 Å². The van der Waals surface area contributed by atoms with Gasteiger partial charge in [0.1, 0.15) is 5.75 Å². The molecule has 1 N–H and O–H groups in total. The lowest BCUT2D eigenvalue weighted by atomic mass is 10.1. The summed E-state index contributed by atoms with van der Waals surface area (Å²) in [5.41, 5.74) is 0.682. The Kier molecular flexibility index (Phi) is 2.33. The molecule has 0 atom stereocenters. The second-order valence-corrected chi connectivity index (χ2v) is 2.97. The van der Waals surface area contributed by atoms with Crippen LogP contribution in [0.1, 0.15) is 5.69 Å². The molecule has 0 saturated carbocycles. The van der Waals surface area contributed by atoms with Gasteiger partial charge in [0.15, 0.2) is 0 Å². The van der Waals surface area contributed by atoms with Crippen molar-refractivity contribution in [1.29, 1.82) is 0 Å². The average Bonchev–Trinajstić information content (AvgIpc) is 2.27. The molecular weight excluding hydrogens is 178 g/mol. The van der Waals surface area contributed by atoms with Crippen LogP contribution in [0.5, 0.6) is 5.75 Å². The molecule has 1 aromatic carbocycles. The minimum absolute atomic E-state index is 0.0511. The van der Waals surface area contributed by atoms with Crippen LogP contribution in [-0.4, -0.2) is 17.2 Å². The summed E-state index contributed by atoms with van der Waals surface area (Å²) >= 11 is 0. The monoisotopic (exact) mass is 189 g/mol. The molecule has 0 saturated heterocycles. The summed E-state index contributed by atoms with van der Waals surface area (Å²) in [6.45, 7) is -0.0511. The molecule has 0 aliphatic heterocycles. The van der Waals surface area contributed by atoms with Gasteiger partial charge in [-0.25, -0.2) is 0 Å². The van der Waals surface area contributed by atoms with Gasteiger partial charge in [-0.15, -0.1) is 0 Å². The first kappa shape index (κ1) is 8.97. The number of rotatable bonds is 2. The van der Waals surface area contributed by atoms with Crippen molar-refractivity contribution in [2.24, 2.45) is 0 Å². The summed E-state index contributed by atoms with van der Waals surface area (Å²) < 4.78 is 5.22. The predicted octanol–water partition coefficient (Wildman–Crippen LogP) is 1.74. The number of nitrogens with zero attached hydrogens (tertiary/aromatic N) is 1. The van der Waals surface area contributed by atoms with Crippen LogP contribution < -0.4 is 4.74 Å². The van der Waals surface area contributed by atoms with Crippen molar-refractivity contribution in [1.82, 2.24) is 4.98 Å². The van der Waals surface area contributed by atoms with Gasteiger partial charge in [0, 0.05) is 17.0 Å². The average molecular weight is 189 g/mol. The Morgan fingerprint density at radius 2 is 2.14 bits per heavy atom. The number of aliphatic hydroxyl groups excluding tert-OH is 1. The van der Waals surface area contributed by atoms with Gasteiger partial charge in [-0.2, -0.15) is 0 Å². The Morgan fingerprint density at radius 3 is 2.86 bits per heavy atom. The first-order valence-electron chi connectivity index (χ1n) is 4.38. The van der Waals surface area contributed by atoms with E-state index in [1.807, 2.05) is 24.3 Å². The van der Waals surface area contributed by atoms with Gasteiger partial charge in [0.05, 0.1) is 19.4 Å². The molecule has 1 aromatic heterocycles. The summed E-state index contributed by atoms with van der Waals surface area (Å²) in [5, 5.41) is 11.0. The van der Waals surface area contributed by atoms with Crippen molar-refractivity contribution in [3.63, 3.8) is 0 Å². The molecular formula is C11H11NO2. The highest BCUT2D eigenvalue weighted by molar-refractivity contribution is 5.89. The van der Waals surface area contributed by atoms with Gasteiger partial charge in [-0.05, 0) is 12.1 Å². The fourth-order valence-electron chi connectivity index (χ4n) is 1.54. The molecule has 2 rings (SSSR count). The van der Waals surface area contributed by atoms with E-state index in [0.717, 1.165) is 16.5 Å². The van der Waals surface area contributed by atoms with E-state index in [1.54, 1.807) is 13.3 Å². The standard InChI is InChI=1S/C11H11NO2/c1-14-11-4-2-3-8-9(11)5-6-12-10(8)7-13/h2-6,13H,7H2,1H3. The fourth-order valence-corrected chi connectivity index (χ4v) is 1.54. The number of hydrogen-bond acceptors (Lipinski definition) is 3. The summed E-state index contributed by atoms with van der Waals surface area (Å²) in [6, 6.07) is 7.59. The number of aliphatic hydroxyl groups is 1. The lowest BCUT2D eigenvalue weighted by molar-refractivity contribution is 0.278. The van der Waals surface area contributed by atoms with Crippen molar-refractivity contribution in [2.45, 2.75) is 6.61 Å². The van der Waals surface area contributed by atoms with E-state index in [9.17, 15) is 0 Å². The summed E-state index contributed by atoms with van der Waals surface area (Å²) in [4.78, 5) is 4.10. The Hall–Kier alpha value is -1.61. The molecule has 1 heterocycles. The highest BCUT2D eigenvalue weighted by Crippen LogP contribution is 2.26. The van der Waals surface area contributed by atoms with E-state index in [1.165, 1.54) is 0 Å². The number of pyridine rings is 1. The predicted molar refractivity (Wildman–Crippen MR) is 54.2 cm³/mol. The van der Waals surface area contributed by atoms with E-state index in [2.05, 4.69) is 4.98 Å². The second-order valence-electron chi connectivity index (χ2n) is 2.97.